The van der Waals surface area contributed by atoms with E-state index >= 15 is 0 Å². The van der Waals surface area contributed by atoms with Crippen LogP contribution in [0, 0.1) is 11.3 Å². The zero-order valence-electron chi connectivity index (χ0n) is 16.3. The van der Waals surface area contributed by atoms with Gasteiger partial charge in [-0.3, -0.25) is 4.79 Å². The van der Waals surface area contributed by atoms with Crippen LogP contribution in [0.5, 0.6) is 17.2 Å². The van der Waals surface area contributed by atoms with Crippen molar-refractivity contribution < 1.29 is 19.0 Å². The Hall–Kier alpha value is -3.46. The Morgan fingerprint density at radius 2 is 1.82 bits per heavy atom. The van der Waals surface area contributed by atoms with E-state index in [2.05, 4.69) is 6.07 Å². The lowest BCUT2D eigenvalue weighted by Gasteiger charge is -2.20. The van der Waals surface area contributed by atoms with Gasteiger partial charge < -0.3 is 19.1 Å². The first kappa shape index (κ1) is 20.8. The SMILES string of the molecule is CCOc1ccc(N(CCC#N)C(=O)/C=C/c2cc(OC)ccc2OC)cc1. The van der Waals surface area contributed by atoms with E-state index in [1.165, 1.54) is 6.08 Å². The maximum absolute atomic E-state index is 12.8. The third-order valence-corrected chi connectivity index (χ3v) is 4.01. The number of amides is 1. The molecule has 2 aromatic rings. The lowest BCUT2D eigenvalue weighted by Crippen LogP contribution is -2.30. The number of methoxy groups -OCH3 is 2. The van der Waals surface area contributed by atoms with Crippen LogP contribution < -0.4 is 19.1 Å². The number of nitriles is 1. The van der Waals surface area contributed by atoms with Gasteiger partial charge in [0.05, 0.1) is 33.3 Å². The summed E-state index contributed by atoms with van der Waals surface area (Å²) in [6.07, 6.45) is 3.37. The number of benzene rings is 2. The second kappa shape index (κ2) is 10.6. The van der Waals surface area contributed by atoms with Crippen LogP contribution in [0.1, 0.15) is 18.9 Å². The molecule has 0 aliphatic heterocycles. The van der Waals surface area contributed by atoms with Gasteiger partial charge in [0, 0.05) is 23.9 Å². The molecule has 1 amide bonds. The lowest BCUT2D eigenvalue weighted by molar-refractivity contribution is -0.114. The molecule has 0 unspecified atom stereocenters. The molecule has 0 aliphatic carbocycles. The summed E-state index contributed by atoms with van der Waals surface area (Å²) in [7, 11) is 3.15. The summed E-state index contributed by atoms with van der Waals surface area (Å²) >= 11 is 0. The van der Waals surface area contributed by atoms with E-state index in [9.17, 15) is 4.79 Å². The maximum atomic E-state index is 12.8. The minimum Gasteiger partial charge on any atom is -0.497 e. The standard InChI is InChI=1S/C22H24N2O4/c1-4-28-19-9-7-18(8-10-19)24(15-5-14-23)22(25)13-6-17-16-20(26-2)11-12-21(17)27-3/h6-13,16H,4-5,15H2,1-3H3/b13-6+. The first-order valence-corrected chi connectivity index (χ1v) is 8.94. The van der Waals surface area contributed by atoms with Gasteiger partial charge in [0.1, 0.15) is 17.2 Å². The van der Waals surface area contributed by atoms with E-state index in [4.69, 9.17) is 19.5 Å². The van der Waals surface area contributed by atoms with Gasteiger partial charge in [0.2, 0.25) is 0 Å². The molecule has 6 nitrogen and oxygen atoms in total. The summed E-state index contributed by atoms with van der Waals surface area (Å²) in [4.78, 5) is 14.4. The van der Waals surface area contributed by atoms with E-state index in [0.29, 0.717) is 30.3 Å². The molecule has 28 heavy (non-hydrogen) atoms. The van der Waals surface area contributed by atoms with Crippen LogP contribution in [-0.2, 0) is 4.79 Å². The Kier molecular flexibility index (Phi) is 7.92. The Morgan fingerprint density at radius 1 is 1.11 bits per heavy atom. The fourth-order valence-corrected chi connectivity index (χ4v) is 2.64. The van der Waals surface area contributed by atoms with Crippen molar-refractivity contribution in [2.45, 2.75) is 13.3 Å². The second-order valence-corrected chi connectivity index (χ2v) is 5.77. The highest BCUT2D eigenvalue weighted by atomic mass is 16.5. The van der Waals surface area contributed by atoms with Gasteiger partial charge in [0.25, 0.3) is 5.91 Å². The minimum absolute atomic E-state index is 0.231. The fraction of sp³-hybridized carbons (Fsp3) is 0.273. The molecular weight excluding hydrogens is 356 g/mol. The third kappa shape index (κ3) is 5.52. The number of rotatable bonds is 9. The van der Waals surface area contributed by atoms with Gasteiger partial charge in [-0.2, -0.15) is 5.26 Å². The molecule has 0 N–H and O–H groups in total. The molecule has 0 fully saturated rings. The number of carbonyl (C=O) groups is 1. The molecule has 0 radical (unpaired) electrons. The molecule has 0 saturated carbocycles. The second-order valence-electron chi connectivity index (χ2n) is 5.77. The van der Waals surface area contributed by atoms with Crippen LogP contribution in [-0.4, -0.2) is 33.3 Å². The largest absolute Gasteiger partial charge is 0.497 e. The van der Waals surface area contributed by atoms with Crippen molar-refractivity contribution in [3.8, 4) is 23.3 Å². The van der Waals surface area contributed by atoms with Crippen molar-refractivity contribution >= 4 is 17.7 Å². The highest BCUT2D eigenvalue weighted by molar-refractivity contribution is 6.04. The van der Waals surface area contributed by atoms with Gasteiger partial charge in [-0.1, -0.05) is 0 Å². The van der Waals surface area contributed by atoms with Crippen LogP contribution in [0.3, 0.4) is 0 Å². The first-order valence-electron chi connectivity index (χ1n) is 8.94. The number of hydrogen-bond acceptors (Lipinski definition) is 5. The number of nitrogens with zero attached hydrogens (tertiary/aromatic N) is 2. The molecule has 0 atom stereocenters. The highest BCUT2D eigenvalue weighted by Gasteiger charge is 2.13. The topological polar surface area (TPSA) is 71.8 Å². The van der Waals surface area contributed by atoms with Crippen molar-refractivity contribution in [1.82, 2.24) is 0 Å². The van der Waals surface area contributed by atoms with Crippen molar-refractivity contribution in [2.24, 2.45) is 0 Å². The molecule has 6 heteroatoms. The Bertz CT molecular complexity index is 854. The molecule has 0 aliphatic rings. The van der Waals surface area contributed by atoms with E-state index < -0.39 is 0 Å². The van der Waals surface area contributed by atoms with Gasteiger partial charge >= 0.3 is 0 Å². The van der Waals surface area contributed by atoms with Crippen LogP contribution in [0.2, 0.25) is 0 Å². The summed E-state index contributed by atoms with van der Waals surface area (Å²) in [6.45, 7) is 2.78. The van der Waals surface area contributed by atoms with E-state index in [-0.39, 0.29) is 12.3 Å². The van der Waals surface area contributed by atoms with Crippen molar-refractivity contribution in [2.75, 3.05) is 32.3 Å². The predicted molar refractivity (Wildman–Crippen MR) is 109 cm³/mol. The number of anilines is 1. The number of ether oxygens (including phenoxy) is 3. The van der Waals surface area contributed by atoms with Crippen molar-refractivity contribution in [3.63, 3.8) is 0 Å². The normalized spacial score (nSPS) is 10.4. The molecule has 0 heterocycles. The van der Waals surface area contributed by atoms with Crippen molar-refractivity contribution in [3.05, 3.63) is 54.1 Å². The quantitative estimate of drug-likeness (QED) is 0.614. The molecule has 2 aromatic carbocycles. The Morgan fingerprint density at radius 3 is 2.43 bits per heavy atom. The first-order chi connectivity index (χ1) is 13.6. The molecule has 0 saturated heterocycles. The molecular formula is C22H24N2O4. The summed E-state index contributed by atoms with van der Waals surface area (Å²) in [5.74, 6) is 1.80. The molecule has 0 bridgehead atoms. The molecule has 2 rings (SSSR count). The fourth-order valence-electron chi connectivity index (χ4n) is 2.64. The van der Waals surface area contributed by atoms with Crippen LogP contribution >= 0.6 is 0 Å². The summed E-state index contributed by atoms with van der Waals surface area (Å²) in [5.41, 5.74) is 1.42. The van der Waals surface area contributed by atoms with Crippen LogP contribution in [0.15, 0.2) is 48.5 Å². The van der Waals surface area contributed by atoms with Gasteiger partial charge in [-0.15, -0.1) is 0 Å². The lowest BCUT2D eigenvalue weighted by atomic mass is 10.1. The van der Waals surface area contributed by atoms with Crippen LogP contribution in [0.4, 0.5) is 5.69 Å². The molecule has 146 valence electrons. The molecule has 0 aromatic heterocycles. The number of hydrogen-bond donors (Lipinski definition) is 0. The third-order valence-electron chi connectivity index (χ3n) is 4.01. The highest BCUT2D eigenvalue weighted by Crippen LogP contribution is 2.26. The molecule has 0 spiro atoms. The van der Waals surface area contributed by atoms with E-state index in [1.807, 2.05) is 6.92 Å². The zero-order valence-corrected chi connectivity index (χ0v) is 16.3. The number of carbonyl (C=O) groups excluding carboxylic acids is 1. The average Bonchev–Trinajstić information content (AvgIpc) is 2.73. The van der Waals surface area contributed by atoms with Crippen LogP contribution in [0.25, 0.3) is 6.08 Å². The summed E-state index contributed by atoms with van der Waals surface area (Å²) in [6, 6.07) is 14.7. The Balaban J connectivity index is 2.25. The minimum atomic E-state index is -0.232. The van der Waals surface area contributed by atoms with E-state index in [1.54, 1.807) is 67.7 Å². The smallest absolute Gasteiger partial charge is 0.251 e. The average molecular weight is 380 g/mol. The van der Waals surface area contributed by atoms with E-state index in [0.717, 1.165) is 11.3 Å². The van der Waals surface area contributed by atoms with Crippen molar-refractivity contribution in [1.29, 1.82) is 5.26 Å². The zero-order chi connectivity index (χ0) is 20.4. The Labute approximate surface area is 165 Å². The summed E-state index contributed by atoms with van der Waals surface area (Å²) < 4.78 is 16.0. The maximum Gasteiger partial charge on any atom is 0.251 e. The van der Waals surface area contributed by atoms with Gasteiger partial charge in [-0.05, 0) is 55.5 Å². The monoisotopic (exact) mass is 380 g/mol. The summed E-state index contributed by atoms with van der Waals surface area (Å²) in [5, 5.41) is 8.94. The van der Waals surface area contributed by atoms with Gasteiger partial charge in [-0.25, -0.2) is 0 Å². The predicted octanol–water partition coefficient (Wildman–Crippen LogP) is 4.06. The van der Waals surface area contributed by atoms with Gasteiger partial charge in [0.15, 0.2) is 0 Å².